The van der Waals surface area contributed by atoms with Crippen LogP contribution in [-0.4, -0.2) is 25.5 Å². The fraction of sp³-hybridized carbons (Fsp3) is 0.222. The quantitative estimate of drug-likeness (QED) is 0.851. The number of ether oxygens (including phenoxy) is 1. The summed E-state index contributed by atoms with van der Waals surface area (Å²) in [6, 6.07) is 16.6. The molecule has 2 aromatic rings. The predicted molar refractivity (Wildman–Crippen MR) is 89.3 cm³/mol. The number of carbonyl (C=O) groups is 2. The van der Waals surface area contributed by atoms with E-state index in [9.17, 15) is 9.59 Å². The van der Waals surface area contributed by atoms with Crippen molar-refractivity contribution in [2.75, 3.05) is 18.6 Å². The lowest BCUT2D eigenvalue weighted by molar-refractivity contribution is -0.118. The minimum absolute atomic E-state index is 0.0919. The number of nitrogens with two attached hydrogens (primary N) is 1. The van der Waals surface area contributed by atoms with E-state index in [1.165, 1.54) is 0 Å². The average molecular weight is 312 g/mol. The van der Waals surface area contributed by atoms with Crippen LogP contribution >= 0.6 is 0 Å². The van der Waals surface area contributed by atoms with Gasteiger partial charge in [0.25, 0.3) is 0 Å². The molecule has 0 aliphatic heterocycles. The van der Waals surface area contributed by atoms with Gasteiger partial charge in [0.1, 0.15) is 5.75 Å². The smallest absolute Gasteiger partial charge is 0.231 e. The van der Waals surface area contributed by atoms with E-state index in [-0.39, 0.29) is 25.3 Å². The highest BCUT2D eigenvalue weighted by atomic mass is 16.5. The van der Waals surface area contributed by atoms with Crippen molar-refractivity contribution >= 4 is 17.5 Å². The molecule has 2 aromatic carbocycles. The lowest BCUT2D eigenvalue weighted by Crippen LogP contribution is -2.35. The van der Waals surface area contributed by atoms with Crippen molar-refractivity contribution in [2.45, 2.75) is 12.8 Å². The van der Waals surface area contributed by atoms with Crippen LogP contribution in [0.1, 0.15) is 12.0 Å². The molecule has 0 aliphatic rings. The summed E-state index contributed by atoms with van der Waals surface area (Å²) in [5.74, 6) is 0.185. The van der Waals surface area contributed by atoms with E-state index in [2.05, 4.69) is 0 Å². The van der Waals surface area contributed by atoms with Gasteiger partial charge in [-0.3, -0.25) is 9.59 Å². The molecule has 0 unspecified atom stereocenters. The molecular weight excluding hydrogens is 292 g/mol. The number of benzene rings is 2. The maximum absolute atomic E-state index is 12.7. The van der Waals surface area contributed by atoms with Crippen LogP contribution in [-0.2, 0) is 16.0 Å². The van der Waals surface area contributed by atoms with Crippen LogP contribution < -0.4 is 15.4 Å². The Morgan fingerprint density at radius 2 is 1.83 bits per heavy atom. The van der Waals surface area contributed by atoms with Crippen LogP contribution in [0.2, 0.25) is 0 Å². The molecule has 0 aliphatic carbocycles. The maximum atomic E-state index is 12.7. The van der Waals surface area contributed by atoms with Gasteiger partial charge in [-0.05, 0) is 29.8 Å². The Labute approximate surface area is 135 Å². The van der Waals surface area contributed by atoms with E-state index in [0.29, 0.717) is 5.75 Å². The van der Waals surface area contributed by atoms with Gasteiger partial charge in [0.05, 0.1) is 13.5 Å². The Hall–Kier alpha value is -2.82. The molecule has 2 N–H and O–H groups in total. The van der Waals surface area contributed by atoms with E-state index < -0.39 is 5.91 Å². The number of methoxy groups -OCH3 is 1. The number of hydrogen-bond donors (Lipinski definition) is 1. The van der Waals surface area contributed by atoms with Crippen LogP contribution in [0, 0.1) is 0 Å². The lowest BCUT2D eigenvalue weighted by Gasteiger charge is -2.22. The largest absolute Gasteiger partial charge is 0.497 e. The summed E-state index contributed by atoms with van der Waals surface area (Å²) in [4.78, 5) is 25.3. The third-order valence-electron chi connectivity index (χ3n) is 3.44. The molecular formula is C18H20N2O3. The van der Waals surface area contributed by atoms with Gasteiger partial charge in [-0.1, -0.05) is 30.3 Å². The summed E-state index contributed by atoms with van der Waals surface area (Å²) in [6.07, 6.45) is 0.351. The third-order valence-corrected chi connectivity index (χ3v) is 3.44. The van der Waals surface area contributed by atoms with Crippen LogP contribution in [0.25, 0.3) is 0 Å². The van der Waals surface area contributed by atoms with E-state index in [4.69, 9.17) is 10.5 Å². The predicted octanol–water partition coefficient (Wildman–Crippen LogP) is 2.15. The zero-order chi connectivity index (χ0) is 16.7. The summed E-state index contributed by atoms with van der Waals surface area (Å²) in [7, 11) is 1.59. The Balaban J connectivity index is 2.16. The fourth-order valence-corrected chi connectivity index (χ4v) is 2.28. The minimum Gasteiger partial charge on any atom is -0.497 e. The SMILES string of the molecule is COc1cccc(CC(=O)N(CCC(N)=O)c2ccccc2)c1. The Morgan fingerprint density at radius 1 is 1.09 bits per heavy atom. The highest BCUT2D eigenvalue weighted by Crippen LogP contribution is 2.18. The van der Waals surface area contributed by atoms with Crippen LogP contribution in [0.4, 0.5) is 5.69 Å². The van der Waals surface area contributed by atoms with Gasteiger partial charge in [-0.25, -0.2) is 0 Å². The number of nitrogens with zero attached hydrogens (tertiary/aromatic N) is 1. The second-order valence-electron chi connectivity index (χ2n) is 5.13. The molecule has 2 rings (SSSR count). The molecule has 120 valence electrons. The Kier molecular flexibility index (Phi) is 5.74. The number of hydrogen-bond acceptors (Lipinski definition) is 3. The first-order valence-corrected chi connectivity index (χ1v) is 7.37. The molecule has 5 heteroatoms. The zero-order valence-corrected chi connectivity index (χ0v) is 13.1. The fourth-order valence-electron chi connectivity index (χ4n) is 2.28. The zero-order valence-electron chi connectivity index (χ0n) is 13.1. The number of carbonyl (C=O) groups excluding carboxylic acids is 2. The molecule has 0 atom stereocenters. The first kappa shape index (κ1) is 16.5. The highest BCUT2D eigenvalue weighted by molar-refractivity contribution is 5.95. The standard InChI is InChI=1S/C18H20N2O3/c1-23-16-9-5-6-14(12-16)13-18(22)20(11-10-17(19)21)15-7-3-2-4-8-15/h2-9,12H,10-11,13H2,1H3,(H2,19,21). The first-order chi connectivity index (χ1) is 11.1. The van der Waals surface area contributed by atoms with Gasteiger partial charge >= 0.3 is 0 Å². The van der Waals surface area contributed by atoms with Gasteiger partial charge in [-0.2, -0.15) is 0 Å². The molecule has 0 spiro atoms. The van der Waals surface area contributed by atoms with Crippen molar-refractivity contribution in [1.29, 1.82) is 0 Å². The molecule has 0 fully saturated rings. The molecule has 0 heterocycles. The van der Waals surface area contributed by atoms with Gasteiger partial charge in [0.15, 0.2) is 0 Å². The summed E-state index contributed by atoms with van der Waals surface area (Å²) in [6.45, 7) is 0.266. The average Bonchev–Trinajstić information content (AvgIpc) is 2.56. The van der Waals surface area contributed by atoms with Crippen molar-refractivity contribution in [2.24, 2.45) is 5.73 Å². The molecule has 0 aromatic heterocycles. The van der Waals surface area contributed by atoms with E-state index in [1.807, 2.05) is 54.6 Å². The number of primary amides is 1. The van der Waals surface area contributed by atoms with Crippen molar-refractivity contribution < 1.29 is 14.3 Å². The van der Waals surface area contributed by atoms with Crippen LogP contribution in [0.3, 0.4) is 0 Å². The molecule has 0 bridgehead atoms. The molecule has 0 radical (unpaired) electrons. The van der Waals surface area contributed by atoms with Gasteiger partial charge in [0, 0.05) is 18.7 Å². The number of rotatable bonds is 7. The van der Waals surface area contributed by atoms with E-state index >= 15 is 0 Å². The summed E-state index contributed by atoms with van der Waals surface area (Å²) < 4.78 is 5.17. The van der Waals surface area contributed by atoms with Crippen molar-refractivity contribution in [3.05, 3.63) is 60.2 Å². The van der Waals surface area contributed by atoms with Crippen LogP contribution in [0.15, 0.2) is 54.6 Å². The Bertz CT molecular complexity index is 671. The molecule has 0 saturated heterocycles. The molecule has 23 heavy (non-hydrogen) atoms. The van der Waals surface area contributed by atoms with Crippen LogP contribution in [0.5, 0.6) is 5.75 Å². The third kappa shape index (κ3) is 4.85. The van der Waals surface area contributed by atoms with Crippen molar-refractivity contribution in [3.63, 3.8) is 0 Å². The Morgan fingerprint density at radius 3 is 2.48 bits per heavy atom. The lowest BCUT2D eigenvalue weighted by atomic mass is 10.1. The maximum Gasteiger partial charge on any atom is 0.231 e. The summed E-state index contributed by atoms with van der Waals surface area (Å²) in [5.41, 5.74) is 6.82. The summed E-state index contributed by atoms with van der Waals surface area (Å²) >= 11 is 0. The normalized spacial score (nSPS) is 10.1. The van der Waals surface area contributed by atoms with Gasteiger partial charge in [0.2, 0.25) is 11.8 Å². The van der Waals surface area contributed by atoms with Crippen molar-refractivity contribution in [1.82, 2.24) is 0 Å². The van der Waals surface area contributed by atoms with Crippen molar-refractivity contribution in [3.8, 4) is 5.75 Å². The van der Waals surface area contributed by atoms with Gasteiger partial charge < -0.3 is 15.4 Å². The minimum atomic E-state index is -0.430. The number of para-hydroxylation sites is 1. The molecule has 0 saturated carbocycles. The second kappa shape index (κ2) is 7.98. The molecule has 2 amide bonds. The molecule has 5 nitrogen and oxygen atoms in total. The van der Waals surface area contributed by atoms with E-state index in [1.54, 1.807) is 12.0 Å². The topological polar surface area (TPSA) is 72.6 Å². The second-order valence-corrected chi connectivity index (χ2v) is 5.13. The summed E-state index contributed by atoms with van der Waals surface area (Å²) in [5, 5.41) is 0. The first-order valence-electron chi connectivity index (χ1n) is 7.37. The monoisotopic (exact) mass is 312 g/mol. The van der Waals surface area contributed by atoms with Gasteiger partial charge in [-0.15, -0.1) is 0 Å². The van der Waals surface area contributed by atoms with E-state index in [0.717, 1.165) is 11.3 Å². The number of anilines is 1. The highest BCUT2D eigenvalue weighted by Gasteiger charge is 2.17. The number of amides is 2.